The maximum absolute atomic E-state index is 13.3. The SMILES string of the molecule is O=C(Nn1cnc2ccccc2c1=O)c1nn(-c2ccc(F)cc2)c2c1CCC2. The molecule has 0 atom stereocenters. The number of para-hydroxylation sites is 1. The second-order valence-corrected chi connectivity index (χ2v) is 6.89. The minimum atomic E-state index is -0.483. The molecule has 1 aliphatic rings. The highest BCUT2D eigenvalue weighted by Gasteiger charge is 2.27. The van der Waals surface area contributed by atoms with E-state index in [1.165, 1.54) is 18.5 Å². The summed E-state index contributed by atoms with van der Waals surface area (Å²) in [6.07, 6.45) is 3.71. The number of fused-ring (bicyclic) bond motifs is 2. The van der Waals surface area contributed by atoms with Crippen molar-refractivity contribution in [2.45, 2.75) is 19.3 Å². The van der Waals surface area contributed by atoms with Gasteiger partial charge in [-0.2, -0.15) is 5.10 Å². The average Bonchev–Trinajstić information content (AvgIpc) is 3.34. The van der Waals surface area contributed by atoms with Crippen LogP contribution in [0.2, 0.25) is 0 Å². The molecule has 1 N–H and O–H groups in total. The lowest BCUT2D eigenvalue weighted by molar-refractivity contribution is 0.100. The molecule has 0 saturated carbocycles. The number of amides is 1. The van der Waals surface area contributed by atoms with Crippen molar-refractivity contribution in [3.05, 3.63) is 88.0 Å². The second kappa shape index (κ2) is 6.66. The van der Waals surface area contributed by atoms with E-state index in [2.05, 4.69) is 15.5 Å². The number of hydrogen-bond donors (Lipinski definition) is 1. The van der Waals surface area contributed by atoms with Gasteiger partial charge in [0.05, 0.1) is 16.6 Å². The van der Waals surface area contributed by atoms with Crippen molar-refractivity contribution in [2.75, 3.05) is 5.43 Å². The number of carbonyl (C=O) groups is 1. The Bertz CT molecular complexity index is 1310. The molecular weight excluding hydrogens is 373 g/mol. The first-order valence-corrected chi connectivity index (χ1v) is 9.26. The van der Waals surface area contributed by atoms with Crippen molar-refractivity contribution in [2.24, 2.45) is 0 Å². The summed E-state index contributed by atoms with van der Waals surface area (Å²) in [4.78, 5) is 29.8. The molecule has 0 saturated heterocycles. The predicted octanol–water partition coefficient (Wildman–Crippen LogP) is 2.59. The summed E-state index contributed by atoms with van der Waals surface area (Å²) in [5.41, 5.74) is 5.53. The summed E-state index contributed by atoms with van der Waals surface area (Å²) < 4.78 is 16.0. The number of hydrogen-bond acceptors (Lipinski definition) is 4. The first-order chi connectivity index (χ1) is 14.1. The Kier molecular flexibility index (Phi) is 3.97. The highest BCUT2D eigenvalue weighted by Crippen LogP contribution is 2.28. The van der Waals surface area contributed by atoms with E-state index in [0.29, 0.717) is 16.6 Å². The van der Waals surface area contributed by atoms with Crippen molar-refractivity contribution < 1.29 is 9.18 Å². The van der Waals surface area contributed by atoms with Gasteiger partial charge in [-0.3, -0.25) is 15.0 Å². The fourth-order valence-corrected chi connectivity index (χ4v) is 3.73. The van der Waals surface area contributed by atoms with Crippen LogP contribution in [0.25, 0.3) is 16.6 Å². The standard InChI is InChI=1S/C21H16FN5O2/c22-13-8-10-14(11-9-13)27-18-7-3-5-16(18)19(24-27)20(28)25-26-12-23-17-6-2-1-4-15(17)21(26)29/h1-2,4,6,8-12H,3,5,7H2,(H,25,28). The fourth-order valence-electron chi connectivity index (χ4n) is 3.73. The van der Waals surface area contributed by atoms with Crippen LogP contribution in [0.15, 0.2) is 59.7 Å². The summed E-state index contributed by atoms with van der Waals surface area (Å²) >= 11 is 0. The molecular formula is C21H16FN5O2. The number of nitrogens with one attached hydrogen (secondary N) is 1. The van der Waals surface area contributed by atoms with Crippen LogP contribution in [0.4, 0.5) is 4.39 Å². The second-order valence-electron chi connectivity index (χ2n) is 6.89. The Labute approximate surface area is 164 Å². The molecule has 0 fully saturated rings. The van der Waals surface area contributed by atoms with E-state index < -0.39 is 5.91 Å². The van der Waals surface area contributed by atoms with Crippen LogP contribution in [0, 0.1) is 5.82 Å². The van der Waals surface area contributed by atoms with Gasteiger partial charge in [0, 0.05) is 11.3 Å². The quantitative estimate of drug-likeness (QED) is 0.584. The number of benzene rings is 2. The van der Waals surface area contributed by atoms with Crippen LogP contribution in [0.5, 0.6) is 0 Å². The Hall–Kier alpha value is -3.81. The number of aromatic nitrogens is 4. The molecule has 0 radical (unpaired) electrons. The molecule has 4 aromatic rings. The summed E-state index contributed by atoms with van der Waals surface area (Å²) in [6, 6.07) is 12.9. The van der Waals surface area contributed by atoms with Crippen LogP contribution in [-0.4, -0.2) is 25.3 Å². The van der Waals surface area contributed by atoms with Crippen molar-refractivity contribution in [3.8, 4) is 5.69 Å². The lowest BCUT2D eigenvalue weighted by atomic mass is 10.2. The third-order valence-electron chi connectivity index (χ3n) is 5.10. The number of nitrogens with zero attached hydrogens (tertiary/aromatic N) is 4. The summed E-state index contributed by atoms with van der Waals surface area (Å²) in [7, 11) is 0. The van der Waals surface area contributed by atoms with Crippen LogP contribution in [0.3, 0.4) is 0 Å². The lowest BCUT2D eigenvalue weighted by Crippen LogP contribution is -2.33. The number of halogens is 1. The van der Waals surface area contributed by atoms with E-state index >= 15 is 0 Å². The maximum Gasteiger partial charge on any atom is 0.291 e. The van der Waals surface area contributed by atoms with Gasteiger partial charge in [0.15, 0.2) is 5.69 Å². The van der Waals surface area contributed by atoms with E-state index in [1.807, 2.05) is 0 Å². The maximum atomic E-state index is 13.3. The van der Waals surface area contributed by atoms with Gasteiger partial charge in [0.25, 0.3) is 11.5 Å². The average molecular weight is 389 g/mol. The van der Waals surface area contributed by atoms with Gasteiger partial charge < -0.3 is 0 Å². The van der Waals surface area contributed by atoms with Gasteiger partial charge in [-0.05, 0) is 55.7 Å². The Morgan fingerprint density at radius 3 is 2.69 bits per heavy atom. The van der Waals surface area contributed by atoms with E-state index in [9.17, 15) is 14.0 Å². The van der Waals surface area contributed by atoms with Gasteiger partial charge in [-0.25, -0.2) is 18.7 Å². The van der Waals surface area contributed by atoms with Gasteiger partial charge in [-0.15, -0.1) is 0 Å². The molecule has 1 amide bonds. The van der Waals surface area contributed by atoms with E-state index in [-0.39, 0.29) is 17.1 Å². The van der Waals surface area contributed by atoms with Crippen LogP contribution in [0.1, 0.15) is 28.2 Å². The molecule has 0 unspecified atom stereocenters. The number of carbonyl (C=O) groups excluding carboxylic acids is 1. The zero-order valence-corrected chi connectivity index (χ0v) is 15.3. The molecule has 0 aliphatic heterocycles. The van der Waals surface area contributed by atoms with Crippen molar-refractivity contribution in [1.82, 2.24) is 19.4 Å². The first kappa shape index (κ1) is 17.3. The molecule has 5 rings (SSSR count). The minimum absolute atomic E-state index is 0.266. The summed E-state index contributed by atoms with van der Waals surface area (Å²) in [6.45, 7) is 0. The van der Waals surface area contributed by atoms with E-state index in [4.69, 9.17) is 0 Å². The first-order valence-electron chi connectivity index (χ1n) is 9.26. The molecule has 144 valence electrons. The molecule has 7 nitrogen and oxygen atoms in total. The molecule has 2 heterocycles. The normalized spacial score (nSPS) is 12.9. The Morgan fingerprint density at radius 2 is 1.86 bits per heavy atom. The zero-order chi connectivity index (χ0) is 20.0. The van der Waals surface area contributed by atoms with Crippen LogP contribution >= 0.6 is 0 Å². The monoisotopic (exact) mass is 389 g/mol. The lowest BCUT2D eigenvalue weighted by Gasteiger charge is -2.08. The van der Waals surface area contributed by atoms with Crippen molar-refractivity contribution in [3.63, 3.8) is 0 Å². The zero-order valence-electron chi connectivity index (χ0n) is 15.3. The predicted molar refractivity (Wildman–Crippen MR) is 105 cm³/mol. The molecule has 1 aliphatic carbocycles. The third kappa shape index (κ3) is 2.89. The summed E-state index contributed by atoms with van der Waals surface area (Å²) in [5, 5.41) is 4.88. The largest absolute Gasteiger partial charge is 0.291 e. The van der Waals surface area contributed by atoms with Gasteiger partial charge >= 0.3 is 0 Å². The fraction of sp³-hybridized carbons (Fsp3) is 0.143. The molecule has 2 aromatic heterocycles. The van der Waals surface area contributed by atoms with Crippen LogP contribution < -0.4 is 11.0 Å². The molecule has 0 bridgehead atoms. The molecule has 2 aromatic carbocycles. The van der Waals surface area contributed by atoms with E-state index in [1.54, 1.807) is 41.1 Å². The molecule has 0 spiro atoms. The third-order valence-corrected chi connectivity index (χ3v) is 5.10. The molecule has 29 heavy (non-hydrogen) atoms. The highest BCUT2D eigenvalue weighted by molar-refractivity contribution is 6.00. The Balaban J connectivity index is 1.53. The van der Waals surface area contributed by atoms with Crippen molar-refractivity contribution >= 4 is 16.8 Å². The van der Waals surface area contributed by atoms with Gasteiger partial charge in [0.1, 0.15) is 12.1 Å². The topological polar surface area (TPSA) is 81.8 Å². The van der Waals surface area contributed by atoms with Gasteiger partial charge in [-0.1, -0.05) is 12.1 Å². The highest BCUT2D eigenvalue weighted by atomic mass is 19.1. The number of rotatable bonds is 3. The van der Waals surface area contributed by atoms with E-state index in [0.717, 1.165) is 35.2 Å². The minimum Gasteiger partial charge on any atom is -0.267 e. The van der Waals surface area contributed by atoms with Crippen LogP contribution in [-0.2, 0) is 12.8 Å². The Morgan fingerprint density at radius 1 is 1.07 bits per heavy atom. The summed E-state index contributed by atoms with van der Waals surface area (Å²) in [5.74, 6) is -0.818. The van der Waals surface area contributed by atoms with Crippen molar-refractivity contribution in [1.29, 1.82) is 0 Å². The molecule has 8 heteroatoms. The van der Waals surface area contributed by atoms with Gasteiger partial charge in [0.2, 0.25) is 0 Å². The smallest absolute Gasteiger partial charge is 0.267 e.